The normalized spacial score (nSPS) is 9.27. The molecule has 0 amide bonds. The highest BCUT2D eigenvalue weighted by Gasteiger charge is 1.85. The molecule has 0 aromatic carbocycles. The van der Waals surface area contributed by atoms with Crippen LogP contribution in [0.5, 0.6) is 0 Å². The van der Waals surface area contributed by atoms with Crippen LogP contribution in [0.2, 0.25) is 0 Å². The fraction of sp³-hybridized carbons (Fsp3) is 1.00. The Morgan fingerprint density at radius 2 is 1.55 bits per heavy atom. The number of hydrogen-bond donors (Lipinski definition) is 0. The van der Waals surface area contributed by atoms with Crippen LogP contribution in [-0.4, -0.2) is 38.8 Å². The van der Waals surface area contributed by atoms with E-state index in [1.807, 2.05) is 21.0 Å². The Balaban J connectivity index is 0. The second kappa shape index (κ2) is 12.6. The molecule has 0 N–H and O–H groups in total. The fourth-order valence-corrected chi connectivity index (χ4v) is 0.391. The number of ether oxygens (including phenoxy) is 1. The molecule has 0 atom stereocenters. The molecule has 0 aliphatic rings. The maximum Gasteiger partial charge on any atom is 0.0593 e. The van der Waals surface area contributed by atoms with Crippen LogP contribution in [0, 0.1) is 0 Å². The average molecular weight is 161 g/mol. The zero-order chi connectivity index (χ0) is 9.11. The second-order valence-corrected chi connectivity index (χ2v) is 2.71. The zero-order valence-corrected chi connectivity index (χ0v) is 8.68. The van der Waals surface area contributed by atoms with Crippen molar-refractivity contribution in [1.29, 1.82) is 0 Å². The van der Waals surface area contributed by atoms with Crippen LogP contribution >= 0.6 is 0 Å². The summed E-state index contributed by atoms with van der Waals surface area (Å²) in [7, 11) is 4.08. The molecular formula is C9H23NO. The smallest absolute Gasteiger partial charge is 0.0593 e. The van der Waals surface area contributed by atoms with Gasteiger partial charge in [0.1, 0.15) is 0 Å². The van der Waals surface area contributed by atoms with Gasteiger partial charge in [-0.25, -0.2) is 0 Å². The molecule has 0 radical (unpaired) electrons. The Bertz CT molecular complexity index is 55.5. The molecule has 11 heavy (non-hydrogen) atoms. The SMILES string of the molecule is CCC.CCOCCN(C)C. The fourth-order valence-electron chi connectivity index (χ4n) is 0.391. The van der Waals surface area contributed by atoms with Crippen LogP contribution in [0.4, 0.5) is 0 Å². The highest BCUT2D eigenvalue weighted by atomic mass is 16.5. The van der Waals surface area contributed by atoms with E-state index in [0.29, 0.717) is 0 Å². The minimum absolute atomic E-state index is 0.827. The molecule has 0 saturated heterocycles. The van der Waals surface area contributed by atoms with Crippen molar-refractivity contribution >= 4 is 0 Å². The Kier molecular flexibility index (Phi) is 15.4. The van der Waals surface area contributed by atoms with Crippen LogP contribution in [0.1, 0.15) is 27.2 Å². The first-order chi connectivity index (χ1) is 5.18. The molecule has 2 heteroatoms. The molecule has 0 saturated carbocycles. The molecule has 0 heterocycles. The topological polar surface area (TPSA) is 12.5 Å². The molecule has 0 rings (SSSR count). The highest BCUT2D eigenvalue weighted by Crippen LogP contribution is 1.75. The molecule has 0 fully saturated rings. The maximum absolute atomic E-state index is 5.10. The number of hydrogen-bond acceptors (Lipinski definition) is 2. The Morgan fingerprint density at radius 3 is 1.82 bits per heavy atom. The van der Waals surface area contributed by atoms with Crippen molar-refractivity contribution in [2.45, 2.75) is 27.2 Å². The van der Waals surface area contributed by atoms with E-state index in [2.05, 4.69) is 18.7 Å². The van der Waals surface area contributed by atoms with Crippen LogP contribution < -0.4 is 0 Å². The minimum Gasteiger partial charge on any atom is -0.380 e. The summed E-state index contributed by atoms with van der Waals surface area (Å²) in [6.07, 6.45) is 1.25. The van der Waals surface area contributed by atoms with Gasteiger partial charge in [0.15, 0.2) is 0 Å². The summed E-state index contributed by atoms with van der Waals surface area (Å²) >= 11 is 0. The molecule has 0 unspecified atom stereocenters. The van der Waals surface area contributed by atoms with Gasteiger partial charge in [-0.1, -0.05) is 20.3 Å². The lowest BCUT2D eigenvalue weighted by Gasteiger charge is -2.07. The Morgan fingerprint density at radius 1 is 1.09 bits per heavy atom. The molecule has 70 valence electrons. The summed E-state index contributed by atoms with van der Waals surface area (Å²) in [4.78, 5) is 2.11. The van der Waals surface area contributed by atoms with E-state index >= 15 is 0 Å². The van der Waals surface area contributed by atoms with Crippen molar-refractivity contribution in [2.24, 2.45) is 0 Å². The summed E-state index contributed by atoms with van der Waals surface area (Å²) in [5.41, 5.74) is 0. The first-order valence-corrected chi connectivity index (χ1v) is 4.41. The van der Waals surface area contributed by atoms with Crippen molar-refractivity contribution < 1.29 is 4.74 Å². The van der Waals surface area contributed by atoms with Crippen LogP contribution in [0.15, 0.2) is 0 Å². The van der Waals surface area contributed by atoms with Gasteiger partial charge in [-0.15, -0.1) is 0 Å². The van der Waals surface area contributed by atoms with Crippen molar-refractivity contribution in [2.75, 3.05) is 33.9 Å². The highest BCUT2D eigenvalue weighted by molar-refractivity contribution is 4.37. The third kappa shape index (κ3) is 25.7. The molecule has 0 spiro atoms. The van der Waals surface area contributed by atoms with Crippen LogP contribution in [0.25, 0.3) is 0 Å². The van der Waals surface area contributed by atoms with E-state index in [0.717, 1.165) is 19.8 Å². The van der Waals surface area contributed by atoms with Gasteiger partial charge in [0, 0.05) is 13.2 Å². The van der Waals surface area contributed by atoms with Gasteiger partial charge in [-0.3, -0.25) is 0 Å². The third-order valence-electron chi connectivity index (χ3n) is 0.887. The summed E-state index contributed by atoms with van der Waals surface area (Å²) in [6.45, 7) is 8.96. The summed E-state index contributed by atoms with van der Waals surface area (Å²) < 4.78 is 5.10. The predicted molar refractivity (Wildman–Crippen MR) is 51.0 cm³/mol. The summed E-state index contributed by atoms with van der Waals surface area (Å²) in [5, 5.41) is 0. The van der Waals surface area contributed by atoms with E-state index in [4.69, 9.17) is 4.74 Å². The van der Waals surface area contributed by atoms with Gasteiger partial charge in [0.25, 0.3) is 0 Å². The van der Waals surface area contributed by atoms with Crippen molar-refractivity contribution in [3.05, 3.63) is 0 Å². The first kappa shape index (κ1) is 13.5. The monoisotopic (exact) mass is 161 g/mol. The molecule has 0 bridgehead atoms. The summed E-state index contributed by atoms with van der Waals surface area (Å²) in [5.74, 6) is 0. The third-order valence-corrected chi connectivity index (χ3v) is 0.887. The molecule has 0 aliphatic carbocycles. The zero-order valence-electron chi connectivity index (χ0n) is 8.68. The Hall–Kier alpha value is -0.0800. The average Bonchev–Trinajstić information content (AvgIpc) is 1.89. The van der Waals surface area contributed by atoms with Gasteiger partial charge in [-0.05, 0) is 21.0 Å². The molecule has 0 aromatic rings. The minimum atomic E-state index is 0.827. The molecule has 2 nitrogen and oxygen atoms in total. The second-order valence-electron chi connectivity index (χ2n) is 2.71. The van der Waals surface area contributed by atoms with Gasteiger partial charge in [0.05, 0.1) is 6.61 Å². The summed E-state index contributed by atoms with van der Waals surface area (Å²) in [6, 6.07) is 0. The largest absolute Gasteiger partial charge is 0.380 e. The Labute approximate surface area is 71.5 Å². The van der Waals surface area contributed by atoms with E-state index in [1.54, 1.807) is 0 Å². The van der Waals surface area contributed by atoms with E-state index in [9.17, 15) is 0 Å². The van der Waals surface area contributed by atoms with E-state index in [1.165, 1.54) is 6.42 Å². The van der Waals surface area contributed by atoms with Crippen LogP contribution in [-0.2, 0) is 4.74 Å². The van der Waals surface area contributed by atoms with Crippen molar-refractivity contribution in [3.8, 4) is 0 Å². The predicted octanol–water partition coefficient (Wildman–Crippen LogP) is 2.00. The lowest BCUT2D eigenvalue weighted by atomic mass is 10.6. The van der Waals surface area contributed by atoms with Crippen LogP contribution in [0.3, 0.4) is 0 Å². The van der Waals surface area contributed by atoms with Crippen molar-refractivity contribution in [1.82, 2.24) is 4.90 Å². The molecule has 0 aromatic heterocycles. The molecular weight excluding hydrogens is 138 g/mol. The quantitative estimate of drug-likeness (QED) is 0.585. The van der Waals surface area contributed by atoms with Gasteiger partial charge in [0.2, 0.25) is 0 Å². The van der Waals surface area contributed by atoms with Gasteiger partial charge in [-0.2, -0.15) is 0 Å². The number of rotatable bonds is 4. The van der Waals surface area contributed by atoms with Gasteiger partial charge >= 0.3 is 0 Å². The first-order valence-electron chi connectivity index (χ1n) is 4.41. The van der Waals surface area contributed by atoms with Crippen molar-refractivity contribution in [3.63, 3.8) is 0 Å². The standard InChI is InChI=1S/C6H15NO.C3H8/c1-4-8-6-5-7(2)3;1-3-2/h4-6H2,1-3H3;3H2,1-2H3. The van der Waals surface area contributed by atoms with E-state index in [-0.39, 0.29) is 0 Å². The molecule has 0 aliphatic heterocycles. The lowest BCUT2D eigenvalue weighted by molar-refractivity contribution is 0.129. The maximum atomic E-state index is 5.10. The van der Waals surface area contributed by atoms with E-state index < -0.39 is 0 Å². The number of nitrogens with zero attached hydrogens (tertiary/aromatic N) is 1. The lowest BCUT2D eigenvalue weighted by Crippen LogP contribution is -2.17. The van der Waals surface area contributed by atoms with Gasteiger partial charge < -0.3 is 9.64 Å². The number of likely N-dealkylation sites (N-methyl/N-ethyl adjacent to an activating group) is 1.